The van der Waals surface area contributed by atoms with Crippen LogP contribution in [0.3, 0.4) is 0 Å². The van der Waals surface area contributed by atoms with Gasteiger partial charge in [-0.3, -0.25) is 4.98 Å². The van der Waals surface area contributed by atoms with Crippen LogP contribution in [0.2, 0.25) is 0 Å². The lowest BCUT2D eigenvalue weighted by Crippen LogP contribution is -1.94. The molecule has 0 radical (unpaired) electrons. The fourth-order valence-electron chi connectivity index (χ4n) is 3.27. The van der Waals surface area contributed by atoms with Gasteiger partial charge < -0.3 is 5.32 Å². The van der Waals surface area contributed by atoms with Gasteiger partial charge in [-0.15, -0.1) is 5.10 Å². The highest BCUT2D eigenvalue weighted by Gasteiger charge is 2.15. The molecule has 0 amide bonds. The first-order valence-corrected chi connectivity index (χ1v) is 10.9. The van der Waals surface area contributed by atoms with Crippen LogP contribution in [-0.4, -0.2) is 28.0 Å². The second-order valence-corrected chi connectivity index (χ2v) is 7.24. The molecule has 0 aliphatic carbocycles. The molecule has 2 aromatic heterocycles. The van der Waals surface area contributed by atoms with E-state index < -0.39 is 10.9 Å². The number of para-hydroxylation sites is 1. The molecule has 0 aliphatic heterocycles. The lowest BCUT2D eigenvalue weighted by molar-refractivity contribution is 0.616. The highest BCUT2D eigenvalue weighted by Crippen LogP contribution is 2.32. The Morgan fingerprint density at radius 2 is 1.41 bits per heavy atom. The molecule has 0 bridgehead atoms. The van der Waals surface area contributed by atoms with Crippen LogP contribution in [0.4, 0.5) is 11.6 Å². The molecule has 8 nitrogen and oxygen atoms in total. The number of hydrogen-bond acceptors (Lipinski definition) is 6. The predicted molar refractivity (Wildman–Crippen MR) is 126 cm³/mol. The van der Waals surface area contributed by atoms with E-state index in [9.17, 15) is 0 Å². The van der Waals surface area contributed by atoms with Crippen LogP contribution in [0.25, 0.3) is 28.0 Å². The van der Waals surface area contributed by atoms with Crippen LogP contribution < -0.4 is 10.5 Å². The fraction of sp³-hybridized carbons (Fsp3) is 0. The predicted octanol–water partition coefficient (Wildman–Crippen LogP) is 3.67. The molecule has 2 heterocycles. The molecule has 32 heavy (non-hydrogen) atoms. The smallest absolute Gasteiger partial charge is 0.247 e. The lowest BCUT2D eigenvalue weighted by atomic mass is 9.98. The summed E-state index contributed by atoms with van der Waals surface area (Å²) in [6, 6.07) is 28.4. The first kappa shape index (κ1) is 21.2. The summed E-state index contributed by atoms with van der Waals surface area (Å²) in [6.45, 7) is 0. The van der Waals surface area contributed by atoms with Crippen molar-refractivity contribution >= 4 is 28.2 Å². The molecule has 9 heteroatoms. The van der Waals surface area contributed by atoms with Gasteiger partial charge in [-0.2, -0.15) is 4.98 Å². The first-order chi connectivity index (χ1) is 15.6. The van der Waals surface area contributed by atoms with Gasteiger partial charge in [0.25, 0.3) is 0 Å². The van der Waals surface area contributed by atoms with E-state index in [1.807, 2.05) is 66.9 Å². The molecular formula is C23H20N6O2S. The zero-order valence-corrected chi connectivity index (χ0v) is 17.8. The van der Waals surface area contributed by atoms with E-state index in [0.29, 0.717) is 11.6 Å². The highest BCUT2D eigenvalue weighted by atomic mass is 32.2. The molecule has 3 aromatic carbocycles. The molecule has 0 aliphatic rings. The quantitative estimate of drug-likeness (QED) is 0.364. The number of nitrogens with two attached hydrogens (primary N) is 1. The van der Waals surface area contributed by atoms with E-state index in [4.69, 9.17) is 13.4 Å². The van der Waals surface area contributed by atoms with Crippen molar-refractivity contribution in [2.24, 2.45) is 5.14 Å². The summed E-state index contributed by atoms with van der Waals surface area (Å²) < 4.78 is 19.4. The Balaban J connectivity index is 0.000000567. The molecule has 0 spiro atoms. The first-order valence-electron chi connectivity index (χ1n) is 9.69. The largest absolute Gasteiger partial charge is 0.323 e. The number of thiol groups is 1. The van der Waals surface area contributed by atoms with Crippen LogP contribution in [0, 0.1) is 0 Å². The Morgan fingerprint density at radius 1 is 0.812 bits per heavy atom. The van der Waals surface area contributed by atoms with E-state index in [2.05, 4.69) is 44.8 Å². The third kappa shape index (κ3) is 4.97. The Labute approximate surface area is 186 Å². The van der Waals surface area contributed by atoms with Gasteiger partial charge in [0, 0.05) is 23.6 Å². The molecule has 0 unspecified atom stereocenters. The molecule has 3 N–H and O–H groups in total. The lowest BCUT2D eigenvalue weighted by Gasteiger charge is -2.09. The molecule has 5 rings (SSSR count). The van der Waals surface area contributed by atoms with Crippen molar-refractivity contribution in [2.75, 3.05) is 5.32 Å². The van der Waals surface area contributed by atoms with Gasteiger partial charge in [0.1, 0.15) is 5.69 Å². The minimum Gasteiger partial charge on any atom is -0.323 e. The summed E-state index contributed by atoms with van der Waals surface area (Å²) in [5.74, 6) is 0.539. The van der Waals surface area contributed by atoms with Gasteiger partial charge in [0.15, 0.2) is 16.5 Å². The molecule has 0 saturated carbocycles. The Bertz CT molecular complexity index is 1390. The number of fused-ring (bicyclic) bond motifs is 1. The average Bonchev–Trinajstić information content (AvgIpc) is 3.22. The third-order valence-electron chi connectivity index (χ3n) is 4.55. The summed E-state index contributed by atoms with van der Waals surface area (Å²) in [7, 11) is -2.62. The van der Waals surface area contributed by atoms with Crippen molar-refractivity contribution in [1.29, 1.82) is 0 Å². The van der Waals surface area contributed by atoms with Gasteiger partial charge in [0.05, 0.1) is 0 Å². The summed E-state index contributed by atoms with van der Waals surface area (Å²) in [4.78, 5) is 9.33. The fourth-order valence-corrected chi connectivity index (χ4v) is 3.27. The Morgan fingerprint density at radius 3 is 2.09 bits per heavy atom. The number of hydrogen-bond donors (Lipinski definition) is 3. The maximum Gasteiger partial charge on any atom is 0.247 e. The average molecular weight is 445 g/mol. The zero-order valence-electron chi connectivity index (χ0n) is 16.9. The third-order valence-corrected chi connectivity index (χ3v) is 4.55. The van der Waals surface area contributed by atoms with E-state index in [0.717, 1.165) is 28.1 Å². The van der Waals surface area contributed by atoms with Crippen LogP contribution in [0.5, 0.6) is 0 Å². The van der Waals surface area contributed by atoms with E-state index in [1.165, 1.54) is 0 Å². The highest BCUT2D eigenvalue weighted by molar-refractivity contribution is 7.69. The van der Waals surface area contributed by atoms with Crippen LogP contribution in [-0.2, 0) is 10.9 Å². The number of aromatic nitrogens is 4. The topological polar surface area (TPSA) is 115 Å². The number of nitrogens with zero attached hydrogens (tertiary/aromatic N) is 4. The Kier molecular flexibility index (Phi) is 6.49. The van der Waals surface area contributed by atoms with E-state index in [1.54, 1.807) is 10.7 Å². The number of rotatable bonds is 4. The minimum atomic E-state index is -2.62. The van der Waals surface area contributed by atoms with Crippen LogP contribution >= 0.6 is 0 Å². The van der Waals surface area contributed by atoms with Crippen molar-refractivity contribution in [3.63, 3.8) is 0 Å². The van der Waals surface area contributed by atoms with Gasteiger partial charge in [-0.05, 0) is 23.3 Å². The van der Waals surface area contributed by atoms with Crippen molar-refractivity contribution in [3.05, 3.63) is 97.3 Å². The van der Waals surface area contributed by atoms with Crippen molar-refractivity contribution in [1.82, 2.24) is 19.6 Å². The maximum absolute atomic E-state index is 8.81. The molecular weight excluding hydrogens is 424 g/mol. The summed E-state index contributed by atoms with van der Waals surface area (Å²) in [5, 5.41) is 11.9. The molecule has 0 atom stereocenters. The van der Waals surface area contributed by atoms with Crippen LogP contribution in [0.15, 0.2) is 97.3 Å². The van der Waals surface area contributed by atoms with Crippen molar-refractivity contribution in [3.8, 4) is 22.4 Å². The summed E-state index contributed by atoms with van der Waals surface area (Å²) >= 11 is 0. The number of anilines is 2. The summed E-state index contributed by atoms with van der Waals surface area (Å²) in [5.41, 5.74) is 5.74. The van der Waals surface area contributed by atoms with Gasteiger partial charge in [0.2, 0.25) is 5.95 Å². The monoisotopic (exact) mass is 444 g/mol. The van der Waals surface area contributed by atoms with Crippen molar-refractivity contribution < 1.29 is 8.42 Å². The summed E-state index contributed by atoms with van der Waals surface area (Å²) in [6.07, 6.45) is 3.57. The van der Waals surface area contributed by atoms with Gasteiger partial charge in [-0.25, -0.2) is 18.1 Å². The van der Waals surface area contributed by atoms with Gasteiger partial charge in [-0.1, -0.05) is 72.8 Å². The van der Waals surface area contributed by atoms with Crippen molar-refractivity contribution in [2.45, 2.75) is 0 Å². The normalized spacial score (nSPS) is 10.6. The Hall–Kier alpha value is -4.08. The second-order valence-electron chi connectivity index (χ2n) is 6.67. The van der Waals surface area contributed by atoms with E-state index in [-0.39, 0.29) is 0 Å². The van der Waals surface area contributed by atoms with Crippen LogP contribution in [0.1, 0.15) is 0 Å². The molecule has 0 saturated heterocycles. The maximum atomic E-state index is 8.81. The molecule has 160 valence electrons. The van der Waals surface area contributed by atoms with Gasteiger partial charge >= 0.3 is 0 Å². The molecule has 0 fully saturated rings. The number of benzene rings is 3. The second kappa shape index (κ2) is 9.82. The number of nitrogens with one attached hydrogen (secondary N) is 1. The SMILES string of the molecule is N[SH](=O)=O.c1ccc(Nc2nc3c(-c4ccccc4-c4ccccc4)nccn3n2)cc1. The van der Waals surface area contributed by atoms with E-state index >= 15 is 0 Å². The zero-order chi connectivity index (χ0) is 22.3. The standard InChI is InChI=1S/C23H17N5.H3NO2S/c1-3-9-17(10-4-1)19-13-7-8-14-20(19)21-22-26-23(27-28(22)16-15-24-21)25-18-11-5-2-6-12-18;1-4(2)3/h1-16H,(H,25,27);4H,(H2,1,2,3). The minimum absolute atomic E-state index is 0.539. The molecule has 5 aromatic rings.